The van der Waals surface area contributed by atoms with E-state index < -0.39 is 0 Å². The molecule has 0 unspecified atom stereocenters. The lowest BCUT2D eigenvalue weighted by Crippen LogP contribution is -2.44. The van der Waals surface area contributed by atoms with Crippen LogP contribution in [0.3, 0.4) is 0 Å². The minimum Gasteiger partial charge on any atom is -0.494 e. The van der Waals surface area contributed by atoms with Gasteiger partial charge in [0.1, 0.15) is 5.75 Å². The third-order valence-corrected chi connectivity index (χ3v) is 5.85. The van der Waals surface area contributed by atoms with Crippen molar-refractivity contribution >= 4 is 22.6 Å². The van der Waals surface area contributed by atoms with Crippen LogP contribution in [0.5, 0.6) is 5.75 Å². The molecule has 3 aromatic rings. The number of aromatic amines is 1. The second-order valence-electron chi connectivity index (χ2n) is 8.02. The van der Waals surface area contributed by atoms with Crippen LogP contribution in [0.2, 0.25) is 0 Å². The second kappa shape index (κ2) is 9.69. The number of carbonyl (C=O) groups excluding carboxylic acids is 1. The zero-order valence-corrected chi connectivity index (χ0v) is 17.9. The summed E-state index contributed by atoms with van der Waals surface area (Å²) in [5, 5.41) is 3.89. The Bertz CT molecular complexity index is 1090. The van der Waals surface area contributed by atoms with Crippen LogP contribution in [-0.2, 0) is 6.54 Å². The highest BCUT2D eigenvalue weighted by Crippen LogP contribution is 2.26. The number of hydrogen-bond acceptors (Lipinski definition) is 3. The van der Waals surface area contributed by atoms with Gasteiger partial charge in [0, 0.05) is 28.2 Å². The van der Waals surface area contributed by atoms with Gasteiger partial charge in [0.25, 0.3) is 5.56 Å². The van der Waals surface area contributed by atoms with E-state index in [1.54, 1.807) is 0 Å². The Labute approximate surface area is 182 Å². The molecule has 0 atom stereocenters. The van der Waals surface area contributed by atoms with Crippen LogP contribution < -0.4 is 15.6 Å². The summed E-state index contributed by atoms with van der Waals surface area (Å²) >= 11 is 0. The third-order valence-electron chi connectivity index (χ3n) is 5.85. The number of urea groups is 1. The average molecular weight is 420 g/mol. The number of benzene rings is 2. The van der Waals surface area contributed by atoms with Crippen molar-refractivity contribution < 1.29 is 9.53 Å². The summed E-state index contributed by atoms with van der Waals surface area (Å²) in [4.78, 5) is 30.8. The molecule has 2 amide bonds. The molecule has 6 nitrogen and oxygen atoms in total. The molecule has 4 rings (SSSR count). The molecule has 0 saturated heterocycles. The van der Waals surface area contributed by atoms with Crippen LogP contribution in [0.25, 0.3) is 10.9 Å². The summed E-state index contributed by atoms with van der Waals surface area (Å²) in [5.74, 6) is 0.763. The SMILES string of the molecule is CCOc1ccc2[nH]c(=O)c(CN(C(=O)Nc3ccccc3)C3CCCCC3)cc2c1. The molecule has 1 saturated carbocycles. The summed E-state index contributed by atoms with van der Waals surface area (Å²) in [6, 6.07) is 16.9. The minimum atomic E-state index is -0.166. The van der Waals surface area contributed by atoms with Gasteiger partial charge in [-0.2, -0.15) is 0 Å². The standard InChI is InChI=1S/C25H29N3O3/c1-2-31-22-13-14-23-18(16-22)15-19(24(29)27-23)17-28(21-11-7-4-8-12-21)25(30)26-20-9-5-3-6-10-20/h3,5-6,9-10,13-16,21H,2,4,7-8,11-12,17H2,1H3,(H,26,30)(H,27,29). The van der Waals surface area contributed by atoms with Crippen molar-refractivity contribution in [3.8, 4) is 5.75 Å². The zero-order valence-electron chi connectivity index (χ0n) is 17.9. The van der Waals surface area contributed by atoms with Crippen molar-refractivity contribution in [2.45, 2.75) is 51.6 Å². The largest absolute Gasteiger partial charge is 0.494 e. The third kappa shape index (κ3) is 5.08. The van der Waals surface area contributed by atoms with Gasteiger partial charge in [0.15, 0.2) is 0 Å². The van der Waals surface area contributed by atoms with Crippen LogP contribution in [-0.4, -0.2) is 28.6 Å². The molecule has 1 aliphatic rings. The van der Waals surface area contributed by atoms with E-state index in [1.807, 2.05) is 66.4 Å². The Hall–Kier alpha value is -3.28. The first-order valence-electron chi connectivity index (χ1n) is 11.1. The van der Waals surface area contributed by atoms with Crippen molar-refractivity contribution in [2.75, 3.05) is 11.9 Å². The van der Waals surface area contributed by atoms with Crippen LogP contribution in [0, 0.1) is 0 Å². The quantitative estimate of drug-likeness (QED) is 0.570. The number of para-hydroxylation sites is 1. The van der Waals surface area contributed by atoms with Crippen molar-refractivity contribution in [1.82, 2.24) is 9.88 Å². The molecule has 1 fully saturated rings. The van der Waals surface area contributed by atoms with E-state index >= 15 is 0 Å². The topological polar surface area (TPSA) is 74.4 Å². The number of anilines is 1. The number of nitrogens with zero attached hydrogens (tertiary/aromatic N) is 1. The summed E-state index contributed by atoms with van der Waals surface area (Å²) in [6.07, 6.45) is 5.32. The molecule has 0 aliphatic heterocycles. The fourth-order valence-electron chi connectivity index (χ4n) is 4.26. The van der Waals surface area contributed by atoms with Crippen LogP contribution >= 0.6 is 0 Å². The van der Waals surface area contributed by atoms with Gasteiger partial charge in [-0.05, 0) is 56.2 Å². The molecule has 6 heteroatoms. The van der Waals surface area contributed by atoms with E-state index in [1.165, 1.54) is 6.42 Å². The molecular weight excluding hydrogens is 390 g/mol. The van der Waals surface area contributed by atoms with Crippen molar-refractivity contribution in [2.24, 2.45) is 0 Å². The predicted octanol–water partition coefficient (Wildman–Crippen LogP) is 5.29. The van der Waals surface area contributed by atoms with E-state index in [2.05, 4.69) is 10.3 Å². The van der Waals surface area contributed by atoms with E-state index in [4.69, 9.17) is 4.74 Å². The summed E-state index contributed by atoms with van der Waals surface area (Å²) in [6.45, 7) is 2.79. The summed E-state index contributed by atoms with van der Waals surface area (Å²) in [7, 11) is 0. The molecule has 0 radical (unpaired) electrons. The van der Waals surface area contributed by atoms with Crippen LogP contribution in [0.15, 0.2) is 59.4 Å². The molecular formula is C25H29N3O3. The number of fused-ring (bicyclic) bond motifs is 1. The van der Waals surface area contributed by atoms with Crippen LogP contribution in [0.1, 0.15) is 44.6 Å². The molecule has 0 spiro atoms. The molecule has 31 heavy (non-hydrogen) atoms. The number of aromatic nitrogens is 1. The number of carbonyl (C=O) groups is 1. The van der Waals surface area contributed by atoms with Gasteiger partial charge in [-0.25, -0.2) is 4.79 Å². The Morgan fingerprint density at radius 3 is 2.61 bits per heavy atom. The molecule has 1 aliphatic carbocycles. The van der Waals surface area contributed by atoms with Crippen molar-refractivity contribution in [1.29, 1.82) is 0 Å². The van der Waals surface area contributed by atoms with E-state index in [0.29, 0.717) is 12.2 Å². The molecule has 162 valence electrons. The zero-order chi connectivity index (χ0) is 21.6. The number of H-pyrrole nitrogens is 1. The maximum atomic E-state index is 13.2. The number of rotatable bonds is 6. The highest BCUT2D eigenvalue weighted by molar-refractivity contribution is 5.89. The highest BCUT2D eigenvalue weighted by Gasteiger charge is 2.26. The van der Waals surface area contributed by atoms with Gasteiger partial charge in [0.05, 0.1) is 13.2 Å². The summed E-state index contributed by atoms with van der Waals surface area (Å²) in [5.41, 5.74) is 1.93. The fraction of sp³-hybridized carbons (Fsp3) is 0.360. The van der Waals surface area contributed by atoms with E-state index in [0.717, 1.165) is 48.0 Å². The van der Waals surface area contributed by atoms with Crippen molar-refractivity contribution in [3.63, 3.8) is 0 Å². The lowest BCUT2D eigenvalue weighted by Gasteiger charge is -2.34. The average Bonchev–Trinajstić information content (AvgIpc) is 2.79. The normalized spacial score (nSPS) is 14.4. The van der Waals surface area contributed by atoms with Crippen LogP contribution in [0.4, 0.5) is 10.5 Å². The monoisotopic (exact) mass is 419 g/mol. The number of nitrogens with one attached hydrogen (secondary N) is 2. The first kappa shape index (κ1) is 21.0. The Kier molecular flexibility index (Phi) is 6.55. The smallest absolute Gasteiger partial charge is 0.322 e. The number of ether oxygens (including phenoxy) is 1. The Morgan fingerprint density at radius 2 is 1.87 bits per heavy atom. The van der Waals surface area contributed by atoms with Gasteiger partial charge in [0.2, 0.25) is 0 Å². The number of pyridine rings is 1. The first-order chi connectivity index (χ1) is 15.1. The summed E-state index contributed by atoms with van der Waals surface area (Å²) < 4.78 is 5.60. The Morgan fingerprint density at radius 1 is 1.10 bits per heavy atom. The molecule has 2 N–H and O–H groups in total. The highest BCUT2D eigenvalue weighted by atomic mass is 16.5. The molecule has 0 bridgehead atoms. The first-order valence-corrected chi connectivity index (χ1v) is 11.1. The lowest BCUT2D eigenvalue weighted by atomic mass is 9.94. The van der Waals surface area contributed by atoms with Gasteiger partial charge >= 0.3 is 6.03 Å². The predicted molar refractivity (Wildman–Crippen MR) is 124 cm³/mol. The number of amides is 2. The molecule has 1 heterocycles. The second-order valence-corrected chi connectivity index (χ2v) is 8.02. The molecule has 2 aromatic carbocycles. The van der Waals surface area contributed by atoms with E-state index in [9.17, 15) is 9.59 Å². The van der Waals surface area contributed by atoms with Crippen molar-refractivity contribution in [3.05, 3.63) is 70.5 Å². The molecule has 1 aromatic heterocycles. The fourth-order valence-corrected chi connectivity index (χ4v) is 4.26. The van der Waals surface area contributed by atoms with Gasteiger partial charge in [-0.1, -0.05) is 37.5 Å². The number of hydrogen-bond donors (Lipinski definition) is 2. The van der Waals surface area contributed by atoms with Gasteiger partial charge in [-0.15, -0.1) is 0 Å². The van der Waals surface area contributed by atoms with Gasteiger partial charge in [-0.3, -0.25) is 4.79 Å². The minimum absolute atomic E-state index is 0.127. The van der Waals surface area contributed by atoms with E-state index in [-0.39, 0.29) is 24.2 Å². The lowest BCUT2D eigenvalue weighted by molar-refractivity contribution is 0.162. The maximum Gasteiger partial charge on any atom is 0.322 e. The van der Waals surface area contributed by atoms with Gasteiger partial charge < -0.3 is 19.9 Å². The Balaban J connectivity index is 1.63. The maximum absolute atomic E-state index is 13.2.